The third kappa shape index (κ3) is 5.20. The molecule has 26 heavy (non-hydrogen) atoms. The van der Waals surface area contributed by atoms with E-state index in [9.17, 15) is 4.79 Å². The van der Waals surface area contributed by atoms with Crippen LogP contribution >= 0.6 is 0 Å². The van der Waals surface area contributed by atoms with E-state index in [-0.39, 0.29) is 12.8 Å². The summed E-state index contributed by atoms with van der Waals surface area (Å²) in [6.45, 7) is 4.45. The van der Waals surface area contributed by atoms with Gasteiger partial charge in [-0.25, -0.2) is 4.79 Å². The second-order valence-electron chi connectivity index (χ2n) is 5.77. The van der Waals surface area contributed by atoms with Crippen molar-refractivity contribution in [2.75, 3.05) is 20.5 Å². The highest BCUT2D eigenvalue weighted by molar-refractivity contribution is 6.24. The van der Waals surface area contributed by atoms with Crippen molar-refractivity contribution in [2.24, 2.45) is 0 Å². The van der Waals surface area contributed by atoms with Crippen LogP contribution in [0.1, 0.15) is 37.8 Å². The summed E-state index contributed by atoms with van der Waals surface area (Å²) in [7, 11) is 1.58. The summed E-state index contributed by atoms with van der Waals surface area (Å²) >= 11 is 0. The number of rotatable bonds is 9. The van der Waals surface area contributed by atoms with E-state index in [1.54, 1.807) is 7.11 Å². The third-order valence-corrected chi connectivity index (χ3v) is 3.89. The summed E-state index contributed by atoms with van der Waals surface area (Å²) in [6, 6.07) is 17.4. The van der Waals surface area contributed by atoms with Gasteiger partial charge in [0.1, 0.15) is 5.75 Å². The normalized spacial score (nSPS) is 11.7. The predicted octanol–water partition coefficient (Wildman–Crippen LogP) is 4.94. The zero-order valence-corrected chi connectivity index (χ0v) is 15.7. The molecule has 0 aliphatic carbocycles. The molecular weight excluding hydrogens is 328 g/mol. The van der Waals surface area contributed by atoms with Crippen molar-refractivity contribution in [1.82, 2.24) is 0 Å². The van der Waals surface area contributed by atoms with E-state index in [1.807, 2.05) is 61.5 Å². The van der Waals surface area contributed by atoms with Crippen molar-refractivity contribution in [3.8, 4) is 5.75 Å². The zero-order chi connectivity index (χ0) is 18.8. The molecule has 0 unspecified atom stereocenters. The molecule has 0 aliphatic rings. The number of carbonyl (C=O) groups excluding carboxylic acids is 1. The third-order valence-electron chi connectivity index (χ3n) is 3.89. The lowest BCUT2D eigenvalue weighted by atomic mass is 9.91. The Morgan fingerprint density at radius 3 is 2.19 bits per heavy atom. The topological polar surface area (TPSA) is 44.8 Å². The van der Waals surface area contributed by atoms with Crippen LogP contribution in [0.5, 0.6) is 5.75 Å². The maximum atomic E-state index is 12.8. The van der Waals surface area contributed by atoms with Crippen molar-refractivity contribution in [1.29, 1.82) is 0 Å². The molecule has 0 fully saturated rings. The molecule has 2 rings (SSSR count). The minimum absolute atomic E-state index is 0.186. The molecule has 0 atom stereocenters. The number of hydrogen-bond acceptors (Lipinski definition) is 4. The SMILES string of the molecule is CCC/C(=C(\C(=O)OCC)c1ccc(OCOC)cc1)c1ccccc1. The number of carbonyl (C=O) groups is 1. The van der Waals surface area contributed by atoms with E-state index in [4.69, 9.17) is 14.2 Å². The van der Waals surface area contributed by atoms with E-state index >= 15 is 0 Å². The van der Waals surface area contributed by atoms with Gasteiger partial charge in [0.25, 0.3) is 0 Å². The first-order chi connectivity index (χ1) is 12.7. The number of allylic oxidation sites excluding steroid dienone is 1. The zero-order valence-electron chi connectivity index (χ0n) is 15.7. The van der Waals surface area contributed by atoms with Gasteiger partial charge in [-0.15, -0.1) is 0 Å². The molecule has 2 aromatic rings. The average Bonchev–Trinajstić information content (AvgIpc) is 2.68. The van der Waals surface area contributed by atoms with Crippen LogP contribution in [0.2, 0.25) is 0 Å². The Morgan fingerprint density at radius 2 is 1.62 bits per heavy atom. The van der Waals surface area contributed by atoms with Crippen LogP contribution in [0.25, 0.3) is 11.1 Å². The number of hydrogen-bond donors (Lipinski definition) is 0. The van der Waals surface area contributed by atoms with Crippen LogP contribution in [-0.4, -0.2) is 26.5 Å². The highest BCUT2D eigenvalue weighted by Gasteiger charge is 2.20. The van der Waals surface area contributed by atoms with Gasteiger partial charge in [-0.05, 0) is 42.2 Å². The molecule has 4 heteroatoms. The Hall–Kier alpha value is -2.59. The van der Waals surface area contributed by atoms with E-state index < -0.39 is 0 Å². The lowest BCUT2D eigenvalue weighted by Gasteiger charge is -2.16. The Bertz CT molecular complexity index is 718. The van der Waals surface area contributed by atoms with Crippen molar-refractivity contribution in [3.63, 3.8) is 0 Å². The Morgan fingerprint density at radius 1 is 0.923 bits per heavy atom. The van der Waals surface area contributed by atoms with Gasteiger partial charge in [-0.3, -0.25) is 0 Å². The summed E-state index contributed by atoms with van der Waals surface area (Å²) in [5.74, 6) is 0.390. The van der Waals surface area contributed by atoms with Gasteiger partial charge in [-0.2, -0.15) is 0 Å². The molecule has 0 bridgehead atoms. The molecule has 0 spiro atoms. The van der Waals surface area contributed by atoms with E-state index in [1.165, 1.54) is 0 Å². The fourth-order valence-corrected chi connectivity index (χ4v) is 2.77. The summed E-state index contributed by atoms with van der Waals surface area (Å²) in [4.78, 5) is 12.8. The van der Waals surface area contributed by atoms with E-state index in [2.05, 4.69) is 6.92 Å². The van der Waals surface area contributed by atoms with Crippen LogP contribution in [-0.2, 0) is 14.3 Å². The average molecular weight is 354 g/mol. The highest BCUT2D eigenvalue weighted by atomic mass is 16.7. The molecule has 0 aliphatic heterocycles. The van der Waals surface area contributed by atoms with Gasteiger partial charge in [0.2, 0.25) is 0 Å². The Balaban J connectivity index is 2.52. The van der Waals surface area contributed by atoms with Crippen LogP contribution < -0.4 is 4.74 Å². The lowest BCUT2D eigenvalue weighted by Crippen LogP contribution is -2.10. The number of methoxy groups -OCH3 is 1. The van der Waals surface area contributed by atoms with Gasteiger partial charge in [0.05, 0.1) is 12.2 Å². The van der Waals surface area contributed by atoms with Crippen LogP contribution in [0.3, 0.4) is 0 Å². The molecule has 0 saturated heterocycles. The molecule has 0 saturated carbocycles. The molecule has 0 N–H and O–H groups in total. The minimum Gasteiger partial charge on any atom is -0.468 e. The molecule has 2 aromatic carbocycles. The standard InChI is InChI=1S/C22H26O4/c1-4-9-20(17-10-7-6-8-11-17)21(22(23)25-5-2)18-12-14-19(15-13-18)26-16-24-3/h6-8,10-15H,4-5,9,16H2,1-3H3/b21-20+. The van der Waals surface area contributed by atoms with Crippen molar-refractivity contribution in [2.45, 2.75) is 26.7 Å². The monoisotopic (exact) mass is 354 g/mol. The second-order valence-corrected chi connectivity index (χ2v) is 5.77. The van der Waals surface area contributed by atoms with Gasteiger partial charge in [0.15, 0.2) is 6.79 Å². The van der Waals surface area contributed by atoms with E-state index in [0.717, 1.165) is 29.5 Å². The molecule has 0 aromatic heterocycles. The van der Waals surface area contributed by atoms with Crippen LogP contribution in [0, 0.1) is 0 Å². The minimum atomic E-state index is -0.301. The molecular formula is C22H26O4. The largest absolute Gasteiger partial charge is 0.468 e. The maximum Gasteiger partial charge on any atom is 0.339 e. The van der Waals surface area contributed by atoms with Gasteiger partial charge >= 0.3 is 5.97 Å². The van der Waals surface area contributed by atoms with Crippen molar-refractivity contribution < 1.29 is 19.0 Å². The fraction of sp³-hybridized carbons (Fsp3) is 0.318. The first-order valence-electron chi connectivity index (χ1n) is 8.89. The van der Waals surface area contributed by atoms with Gasteiger partial charge in [0, 0.05) is 7.11 Å². The number of esters is 1. The quantitative estimate of drug-likeness (QED) is 0.277. The maximum absolute atomic E-state index is 12.8. The van der Waals surface area contributed by atoms with Crippen molar-refractivity contribution in [3.05, 3.63) is 65.7 Å². The van der Waals surface area contributed by atoms with Crippen LogP contribution in [0.15, 0.2) is 54.6 Å². The van der Waals surface area contributed by atoms with Gasteiger partial charge in [-0.1, -0.05) is 55.8 Å². The van der Waals surface area contributed by atoms with E-state index in [0.29, 0.717) is 17.9 Å². The summed E-state index contributed by atoms with van der Waals surface area (Å²) in [5.41, 5.74) is 3.47. The summed E-state index contributed by atoms with van der Waals surface area (Å²) < 4.78 is 15.7. The molecule has 0 radical (unpaired) electrons. The summed E-state index contributed by atoms with van der Waals surface area (Å²) in [6.07, 6.45) is 1.72. The van der Waals surface area contributed by atoms with Crippen LogP contribution in [0.4, 0.5) is 0 Å². The summed E-state index contributed by atoms with van der Waals surface area (Å²) in [5, 5.41) is 0. The van der Waals surface area contributed by atoms with Crippen molar-refractivity contribution >= 4 is 17.1 Å². The van der Waals surface area contributed by atoms with Gasteiger partial charge < -0.3 is 14.2 Å². The predicted molar refractivity (Wildman–Crippen MR) is 104 cm³/mol. The Labute approximate surface area is 155 Å². The second kappa shape index (κ2) is 10.4. The molecule has 0 amide bonds. The molecule has 138 valence electrons. The fourth-order valence-electron chi connectivity index (χ4n) is 2.77. The highest BCUT2D eigenvalue weighted by Crippen LogP contribution is 2.32. The Kier molecular flexibility index (Phi) is 7.90. The first kappa shape index (κ1) is 19.7. The molecule has 0 heterocycles. The number of benzene rings is 2. The smallest absolute Gasteiger partial charge is 0.339 e. The number of ether oxygens (including phenoxy) is 3. The molecule has 4 nitrogen and oxygen atoms in total. The lowest BCUT2D eigenvalue weighted by molar-refractivity contribution is -0.136. The first-order valence-corrected chi connectivity index (χ1v) is 8.89.